The SMILES string of the molecule is Cc1cc(N(C(=O)COC(=O)C(F)(F)F)C2CCCC2)ccc1C=CS(=O)(=O)N1CCC2(CC1)N=C(C1CCCCC1)NC2=O. The Morgan fingerprint density at radius 2 is 1.73 bits per heavy atom. The van der Waals surface area contributed by atoms with Gasteiger partial charge in [-0.25, -0.2) is 13.2 Å². The van der Waals surface area contributed by atoms with Crippen LogP contribution in [0.3, 0.4) is 0 Å². The number of hydrogen-bond acceptors (Lipinski definition) is 7. The average Bonchev–Trinajstić information content (AvgIpc) is 3.64. The van der Waals surface area contributed by atoms with Crippen LogP contribution in [-0.4, -0.2) is 73.8 Å². The number of esters is 1. The summed E-state index contributed by atoms with van der Waals surface area (Å²) in [4.78, 5) is 43.2. The molecular weight excluding hydrogens is 613 g/mol. The van der Waals surface area contributed by atoms with E-state index in [-0.39, 0.29) is 31.0 Å². The van der Waals surface area contributed by atoms with Gasteiger partial charge in [-0.15, -0.1) is 0 Å². The van der Waals surface area contributed by atoms with E-state index in [0.29, 0.717) is 42.5 Å². The summed E-state index contributed by atoms with van der Waals surface area (Å²) in [6.07, 6.45) is 5.34. The highest BCUT2D eigenvalue weighted by Crippen LogP contribution is 2.35. The first-order valence-corrected chi connectivity index (χ1v) is 17.1. The lowest BCUT2D eigenvalue weighted by Gasteiger charge is -2.34. The Kier molecular flexibility index (Phi) is 9.73. The van der Waals surface area contributed by atoms with Crippen molar-refractivity contribution in [3.05, 3.63) is 34.7 Å². The molecule has 2 aliphatic heterocycles. The lowest BCUT2D eigenvalue weighted by Crippen LogP contribution is -2.50. The zero-order chi connectivity index (χ0) is 32.4. The van der Waals surface area contributed by atoms with Crippen molar-refractivity contribution >= 4 is 45.4 Å². The minimum absolute atomic E-state index is 0.143. The van der Waals surface area contributed by atoms with Gasteiger partial charge in [-0.3, -0.25) is 14.6 Å². The van der Waals surface area contributed by atoms with Gasteiger partial charge in [0, 0.05) is 36.1 Å². The number of amides is 2. The number of carbonyl (C=O) groups excluding carboxylic acids is 3. The number of aliphatic imine (C=N–C) groups is 1. The predicted octanol–water partition coefficient (Wildman–Crippen LogP) is 4.62. The maximum Gasteiger partial charge on any atom is 0.490 e. The number of piperidine rings is 1. The molecule has 5 rings (SSSR count). The van der Waals surface area contributed by atoms with E-state index in [1.165, 1.54) is 21.7 Å². The van der Waals surface area contributed by atoms with Gasteiger partial charge in [0.25, 0.3) is 11.8 Å². The Labute approximate surface area is 261 Å². The molecule has 0 atom stereocenters. The molecular formula is C31H39F3N4O6S. The van der Waals surface area contributed by atoms with Crippen LogP contribution in [0.5, 0.6) is 0 Å². The van der Waals surface area contributed by atoms with Crippen LogP contribution in [0.4, 0.5) is 18.9 Å². The van der Waals surface area contributed by atoms with E-state index < -0.39 is 40.2 Å². The van der Waals surface area contributed by atoms with Crippen LogP contribution < -0.4 is 10.2 Å². The standard InChI is InChI=1S/C31H39F3N4O6S/c1-21-19-25(38(24-9-5-6-10-24)26(39)20-44-29(41)31(32,33)34)12-11-22(21)13-18-45(42,43)37-16-14-30(15-17-37)28(40)35-27(36-30)23-7-3-2-4-8-23/h11-13,18-19,23-24H,2-10,14-17,20H2,1H3,(H,35,36,40). The summed E-state index contributed by atoms with van der Waals surface area (Å²) < 4.78 is 69.8. The van der Waals surface area contributed by atoms with Gasteiger partial charge >= 0.3 is 12.1 Å². The highest BCUT2D eigenvalue weighted by molar-refractivity contribution is 7.92. The third-order valence-corrected chi connectivity index (χ3v) is 10.9. The van der Waals surface area contributed by atoms with Gasteiger partial charge in [0.05, 0.1) is 0 Å². The number of alkyl halides is 3. The van der Waals surface area contributed by atoms with E-state index in [4.69, 9.17) is 4.99 Å². The molecule has 0 bridgehead atoms. The molecule has 2 aliphatic carbocycles. The molecule has 1 saturated heterocycles. The number of nitrogens with one attached hydrogen (secondary N) is 1. The van der Waals surface area contributed by atoms with Crippen molar-refractivity contribution in [2.45, 2.75) is 95.3 Å². The van der Waals surface area contributed by atoms with Crippen LogP contribution >= 0.6 is 0 Å². The van der Waals surface area contributed by atoms with E-state index >= 15 is 0 Å². The highest BCUT2D eigenvalue weighted by atomic mass is 32.2. The second-order valence-electron chi connectivity index (χ2n) is 12.4. The number of hydrogen-bond donors (Lipinski definition) is 1. The monoisotopic (exact) mass is 652 g/mol. The lowest BCUT2D eigenvalue weighted by atomic mass is 9.88. The fourth-order valence-corrected chi connectivity index (χ4v) is 7.98. The minimum Gasteiger partial charge on any atom is -0.449 e. The van der Waals surface area contributed by atoms with Crippen LogP contribution in [0.1, 0.15) is 81.8 Å². The fourth-order valence-electron chi connectivity index (χ4n) is 6.80. The molecule has 2 heterocycles. The van der Waals surface area contributed by atoms with E-state index in [1.54, 1.807) is 25.1 Å². The molecule has 1 aromatic carbocycles. The summed E-state index contributed by atoms with van der Waals surface area (Å²) in [6, 6.07) is 4.66. The molecule has 1 N–H and O–H groups in total. The summed E-state index contributed by atoms with van der Waals surface area (Å²) >= 11 is 0. The zero-order valence-electron chi connectivity index (χ0n) is 25.3. The molecule has 2 saturated carbocycles. The number of halogens is 3. The third-order valence-electron chi connectivity index (χ3n) is 9.37. The molecule has 1 aromatic rings. The van der Waals surface area contributed by atoms with Gasteiger partial charge in [-0.1, -0.05) is 38.2 Å². The minimum atomic E-state index is -5.20. The number of sulfonamides is 1. The number of anilines is 1. The number of ether oxygens (including phenoxy) is 1. The second-order valence-corrected chi connectivity index (χ2v) is 14.2. The Morgan fingerprint density at radius 1 is 1.09 bits per heavy atom. The number of rotatable bonds is 8. The van der Waals surface area contributed by atoms with Crippen molar-refractivity contribution in [1.29, 1.82) is 0 Å². The van der Waals surface area contributed by atoms with E-state index in [1.807, 2.05) is 0 Å². The molecule has 1 spiro atoms. The Balaban J connectivity index is 1.24. The first-order chi connectivity index (χ1) is 21.3. The molecule has 0 radical (unpaired) electrons. The quantitative estimate of drug-likeness (QED) is 0.409. The molecule has 3 fully saturated rings. The summed E-state index contributed by atoms with van der Waals surface area (Å²) in [7, 11) is -3.81. The third kappa shape index (κ3) is 7.43. The van der Waals surface area contributed by atoms with Gasteiger partial charge in [-0.2, -0.15) is 17.5 Å². The van der Waals surface area contributed by atoms with Crippen molar-refractivity contribution in [2.75, 3.05) is 24.6 Å². The second kappa shape index (κ2) is 13.2. The molecule has 0 unspecified atom stereocenters. The maximum absolute atomic E-state index is 13.2. The number of benzene rings is 1. The summed E-state index contributed by atoms with van der Waals surface area (Å²) in [6.45, 7) is 1.02. The average molecular weight is 653 g/mol. The smallest absolute Gasteiger partial charge is 0.449 e. The first kappa shape index (κ1) is 33.1. The number of amidine groups is 1. The Morgan fingerprint density at radius 3 is 2.36 bits per heavy atom. The molecule has 0 aromatic heterocycles. The van der Waals surface area contributed by atoms with E-state index in [2.05, 4.69) is 10.1 Å². The molecule has 4 aliphatic rings. The maximum atomic E-state index is 13.2. The van der Waals surface area contributed by atoms with Crippen molar-refractivity contribution in [3.8, 4) is 0 Å². The summed E-state index contributed by atoms with van der Waals surface area (Å²) in [5, 5.41) is 4.10. The largest absolute Gasteiger partial charge is 0.490 e. The van der Waals surface area contributed by atoms with Crippen LogP contribution in [0.2, 0.25) is 0 Å². The molecule has 45 heavy (non-hydrogen) atoms. The Hall–Kier alpha value is -3.26. The van der Waals surface area contributed by atoms with Crippen molar-refractivity contribution in [1.82, 2.24) is 9.62 Å². The molecule has 2 amide bonds. The topological polar surface area (TPSA) is 125 Å². The van der Waals surface area contributed by atoms with Gasteiger partial charge < -0.3 is 15.0 Å². The number of aryl methyl sites for hydroxylation is 1. The van der Waals surface area contributed by atoms with E-state index in [0.717, 1.165) is 49.8 Å². The van der Waals surface area contributed by atoms with Gasteiger partial charge in [0.1, 0.15) is 11.4 Å². The van der Waals surface area contributed by atoms with Crippen molar-refractivity contribution < 1.29 is 40.7 Å². The predicted molar refractivity (Wildman–Crippen MR) is 162 cm³/mol. The van der Waals surface area contributed by atoms with Crippen molar-refractivity contribution in [2.24, 2.45) is 10.9 Å². The van der Waals surface area contributed by atoms with Crippen LogP contribution in [0.15, 0.2) is 28.6 Å². The lowest BCUT2D eigenvalue weighted by molar-refractivity contribution is -0.199. The highest BCUT2D eigenvalue weighted by Gasteiger charge is 2.48. The molecule has 10 nitrogen and oxygen atoms in total. The zero-order valence-corrected chi connectivity index (χ0v) is 26.1. The molecule has 246 valence electrons. The number of carbonyl (C=O) groups is 3. The van der Waals surface area contributed by atoms with Crippen LogP contribution in [0.25, 0.3) is 6.08 Å². The Bertz CT molecular complexity index is 1470. The number of nitrogens with zero attached hydrogens (tertiary/aromatic N) is 3. The molecule has 14 heteroatoms. The van der Waals surface area contributed by atoms with E-state index in [9.17, 15) is 36.0 Å². The normalized spacial score (nSPS) is 21.7. The van der Waals surface area contributed by atoms with Crippen LogP contribution in [0, 0.1) is 12.8 Å². The van der Waals surface area contributed by atoms with Crippen LogP contribution in [-0.2, 0) is 29.1 Å². The van der Waals surface area contributed by atoms with Crippen molar-refractivity contribution in [3.63, 3.8) is 0 Å². The first-order valence-electron chi connectivity index (χ1n) is 15.6. The summed E-state index contributed by atoms with van der Waals surface area (Å²) in [5.74, 6) is -2.32. The van der Waals surface area contributed by atoms with Gasteiger partial charge in [0.15, 0.2) is 6.61 Å². The fraction of sp³-hybridized carbons (Fsp3) is 0.613. The van der Waals surface area contributed by atoms with Gasteiger partial charge in [0.2, 0.25) is 10.0 Å². The van der Waals surface area contributed by atoms with Gasteiger partial charge in [-0.05, 0) is 74.8 Å². The summed E-state index contributed by atoms with van der Waals surface area (Å²) in [5.41, 5.74) is 0.737.